The van der Waals surface area contributed by atoms with Crippen LogP contribution in [0.5, 0.6) is 0 Å². The molecule has 0 spiro atoms. The molecule has 5 amide bonds. The summed E-state index contributed by atoms with van der Waals surface area (Å²) in [5.74, 6) is -3.24. The van der Waals surface area contributed by atoms with E-state index in [0.717, 1.165) is 14.7 Å². The smallest absolute Gasteiger partial charge is 0.243 e. The third-order valence-electron chi connectivity index (χ3n) is 7.18. The largest absolute Gasteiger partial charge is 0.370 e. The van der Waals surface area contributed by atoms with Crippen molar-refractivity contribution >= 4 is 58.1 Å². The van der Waals surface area contributed by atoms with Crippen molar-refractivity contribution in [1.82, 2.24) is 31.2 Å². The molecule has 2 aromatic carbocycles. The zero-order chi connectivity index (χ0) is 35.1. The molecule has 1 heterocycles. The first-order valence-corrected chi connectivity index (χ1v) is 16.3. The number of nitrogens with two attached hydrogens (primary N) is 3. The molecule has 3 rings (SSSR count). The molecule has 0 aliphatic rings. The molecular weight excluding hydrogens is 731 g/mol. The van der Waals surface area contributed by atoms with E-state index in [1.54, 1.807) is 24.3 Å². The predicted octanol–water partition coefficient (Wildman–Crippen LogP) is -0.460. The van der Waals surface area contributed by atoms with E-state index in [2.05, 4.69) is 58.8 Å². The molecule has 0 saturated heterocycles. The van der Waals surface area contributed by atoms with Gasteiger partial charge in [-0.25, -0.2) is 4.98 Å². The highest BCUT2D eigenvalue weighted by molar-refractivity contribution is 14.1. The van der Waals surface area contributed by atoms with Crippen molar-refractivity contribution in [3.63, 3.8) is 0 Å². The lowest BCUT2D eigenvalue weighted by atomic mass is 10.0. The third-order valence-corrected chi connectivity index (χ3v) is 7.90. The van der Waals surface area contributed by atoms with Crippen LogP contribution in [0.2, 0.25) is 0 Å². The van der Waals surface area contributed by atoms with Gasteiger partial charge in [-0.1, -0.05) is 42.5 Å². The number of aromatic nitrogens is 2. The van der Waals surface area contributed by atoms with Gasteiger partial charge in [0.25, 0.3) is 0 Å². The Kier molecular flexibility index (Phi) is 14.8. The Balaban J connectivity index is 1.84. The molecule has 0 radical (unpaired) electrons. The predicted molar refractivity (Wildman–Crippen MR) is 188 cm³/mol. The van der Waals surface area contributed by atoms with Gasteiger partial charge in [-0.05, 0) is 58.7 Å². The lowest BCUT2D eigenvalue weighted by Crippen LogP contribution is -2.59. The number of carbonyl (C=O) groups is 5. The number of benzene rings is 2. The second-order valence-electron chi connectivity index (χ2n) is 11.1. The number of hydrogen-bond donors (Lipinski definition) is 8. The van der Waals surface area contributed by atoms with Crippen LogP contribution in [0, 0.1) is 3.57 Å². The number of aliphatic imine (C=N–C) groups is 1. The van der Waals surface area contributed by atoms with Crippen LogP contribution in [0.15, 0.2) is 72.1 Å². The number of amides is 5. The standard InChI is InChI=1S/C32H41IN10O5/c1-19(44)40-27(16-23-17-37-18-39-23)31(48)43-26(15-20-6-3-2-4-7-20)30(47)41-24(8-5-13-38-32(35)36)29(46)42-25(28(34)45)14-21-9-11-22(33)12-10-21/h2-4,6-7,9-12,17-18,24-27H,5,8,13-16H2,1H3,(H2,34,45)(H,37,39)(H,40,44)(H,41,47)(H,42,46)(H,43,48)(H4,35,36,38)/t24-,25-,26+,27-/m0/s1. The topological polar surface area (TPSA) is 253 Å². The van der Waals surface area contributed by atoms with Crippen molar-refractivity contribution in [2.45, 2.75) is 63.2 Å². The van der Waals surface area contributed by atoms with Crippen LogP contribution < -0.4 is 38.5 Å². The second-order valence-corrected chi connectivity index (χ2v) is 12.3. The molecule has 48 heavy (non-hydrogen) atoms. The quantitative estimate of drug-likeness (QED) is 0.0363. The SMILES string of the molecule is CC(=O)N[C@@H](Cc1cnc[nH]1)C(=O)N[C@H](Cc1ccccc1)C(=O)N[C@@H](CCCN=C(N)N)C(=O)N[C@@H](Cc1ccc(I)cc1)C(N)=O. The fraction of sp³-hybridized carbons (Fsp3) is 0.344. The Morgan fingerprint density at radius 2 is 1.33 bits per heavy atom. The fourth-order valence-corrected chi connectivity index (χ4v) is 5.16. The Labute approximate surface area is 291 Å². The molecular formula is C32H41IN10O5. The lowest BCUT2D eigenvalue weighted by molar-refractivity contribution is -0.134. The van der Waals surface area contributed by atoms with Crippen molar-refractivity contribution in [2.75, 3.05) is 6.54 Å². The normalized spacial score (nSPS) is 13.2. The van der Waals surface area contributed by atoms with Gasteiger partial charge in [-0.2, -0.15) is 0 Å². The Bertz CT molecular complexity index is 1550. The van der Waals surface area contributed by atoms with Crippen molar-refractivity contribution < 1.29 is 24.0 Å². The fourth-order valence-electron chi connectivity index (χ4n) is 4.80. The molecule has 11 N–H and O–H groups in total. The molecule has 16 heteroatoms. The number of guanidine groups is 1. The molecule has 15 nitrogen and oxygen atoms in total. The number of rotatable bonds is 18. The minimum absolute atomic E-state index is 0.0777. The average Bonchev–Trinajstić information content (AvgIpc) is 3.55. The highest BCUT2D eigenvalue weighted by Gasteiger charge is 2.31. The number of nitrogens with zero attached hydrogens (tertiary/aromatic N) is 2. The molecule has 1 aromatic heterocycles. The van der Waals surface area contributed by atoms with Crippen LogP contribution >= 0.6 is 22.6 Å². The van der Waals surface area contributed by atoms with Gasteiger partial charge in [0.2, 0.25) is 29.5 Å². The molecule has 3 aromatic rings. The van der Waals surface area contributed by atoms with Gasteiger partial charge in [0.1, 0.15) is 24.2 Å². The molecule has 0 fully saturated rings. The van der Waals surface area contributed by atoms with E-state index in [4.69, 9.17) is 17.2 Å². The third kappa shape index (κ3) is 13.0. The Hall–Kier alpha value is -5.00. The van der Waals surface area contributed by atoms with Gasteiger partial charge in [0.15, 0.2) is 5.96 Å². The van der Waals surface area contributed by atoms with Gasteiger partial charge >= 0.3 is 0 Å². The van der Waals surface area contributed by atoms with E-state index < -0.39 is 53.7 Å². The van der Waals surface area contributed by atoms with Crippen molar-refractivity contribution in [3.05, 3.63) is 87.5 Å². The molecule has 0 bridgehead atoms. The molecule has 0 aliphatic heterocycles. The maximum absolute atomic E-state index is 13.9. The summed E-state index contributed by atoms with van der Waals surface area (Å²) in [6, 6.07) is 12.0. The summed E-state index contributed by atoms with van der Waals surface area (Å²) in [6.07, 6.45) is 3.69. The van der Waals surface area contributed by atoms with E-state index in [-0.39, 0.29) is 38.2 Å². The average molecular weight is 773 g/mol. The maximum atomic E-state index is 13.9. The molecule has 256 valence electrons. The first kappa shape index (κ1) is 37.5. The van der Waals surface area contributed by atoms with Gasteiger partial charge in [-0.15, -0.1) is 0 Å². The van der Waals surface area contributed by atoms with E-state index in [9.17, 15) is 24.0 Å². The van der Waals surface area contributed by atoms with Crippen molar-refractivity contribution in [3.8, 4) is 0 Å². The summed E-state index contributed by atoms with van der Waals surface area (Å²) in [7, 11) is 0. The van der Waals surface area contributed by atoms with Gasteiger partial charge in [0, 0.05) is 48.2 Å². The summed E-state index contributed by atoms with van der Waals surface area (Å²) in [6.45, 7) is 1.46. The van der Waals surface area contributed by atoms with Crippen LogP contribution in [0.1, 0.15) is 36.6 Å². The lowest BCUT2D eigenvalue weighted by Gasteiger charge is -2.26. The monoisotopic (exact) mass is 772 g/mol. The van der Waals surface area contributed by atoms with Crippen molar-refractivity contribution in [2.24, 2.45) is 22.2 Å². The number of imidazole rings is 1. The van der Waals surface area contributed by atoms with Crippen LogP contribution in [-0.4, -0.2) is 76.2 Å². The minimum Gasteiger partial charge on any atom is -0.370 e. The summed E-state index contributed by atoms with van der Waals surface area (Å²) in [5, 5.41) is 10.8. The maximum Gasteiger partial charge on any atom is 0.243 e. The molecule has 0 unspecified atom stereocenters. The summed E-state index contributed by atoms with van der Waals surface area (Å²) in [5.41, 5.74) is 18.6. The van der Waals surface area contributed by atoms with Crippen LogP contribution in [0.25, 0.3) is 0 Å². The number of nitrogens with one attached hydrogen (secondary N) is 5. The zero-order valence-corrected chi connectivity index (χ0v) is 28.6. The number of halogens is 1. The van der Waals surface area contributed by atoms with E-state index in [0.29, 0.717) is 12.1 Å². The molecule has 0 aliphatic carbocycles. The van der Waals surface area contributed by atoms with Gasteiger partial charge in [0.05, 0.1) is 6.33 Å². The first-order valence-electron chi connectivity index (χ1n) is 15.2. The van der Waals surface area contributed by atoms with Crippen LogP contribution in [0.3, 0.4) is 0 Å². The Morgan fingerprint density at radius 1 is 0.771 bits per heavy atom. The Morgan fingerprint density at radius 3 is 1.92 bits per heavy atom. The molecule has 4 atom stereocenters. The summed E-state index contributed by atoms with van der Waals surface area (Å²) < 4.78 is 1.00. The van der Waals surface area contributed by atoms with E-state index >= 15 is 0 Å². The van der Waals surface area contributed by atoms with Crippen LogP contribution in [-0.2, 0) is 43.2 Å². The number of H-pyrrole nitrogens is 1. The minimum atomic E-state index is -1.15. The summed E-state index contributed by atoms with van der Waals surface area (Å²) >= 11 is 2.16. The first-order chi connectivity index (χ1) is 22.9. The molecule has 0 saturated carbocycles. The number of primary amides is 1. The van der Waals surface area contributed by atoms with Gasteiger partial charge in [-0.3, -0.25) is 29.0 Å². The highest BCUT2D eigenvalue weighted by Crippen LogP contribution is 2.11. The van der Waals surface area contributed by atoms with Crippen LogP contribution in [0.4, 0.5) is 0 Å². The van der Waals surface area contributed by atoms with Crippen molar-refractivity contribution in [1.29, 1.82) is 0 Å². The summed E-state index contributed by atoms with van der Waals surface area (Å²) in [4.78, 5) is 76.1. The van der Waals surface area contributed by atoms with Gasteiger partial charge < -0.3 is 43.5 Å². The highest BCUT2D eigenvalue weighted by atomic mass is 127. The van der Waals surface area contributed by atoms with E-state index in [1.165, 1.54) is 19.4 Å². The van der Waals surface area contributed by atoms with E-state index in [1.807, 2.05) is 30.3 Å². The second kappa shape index (κ2) is 19.0. The number of aromatic amines is 1. The number of carbonyl (C=O) groups excluding carboxylic acids is 5. The number of hydrogen-bond acceptors (Lipinski definition) is 7. The zero-order valence-electron chi connectivity index (χ0n) is 26.4.